The molecular weight excluding hydrogens is 264 g/mol. The van der Waals surface area contributed by atoms with E-state index >= 15 is 0 Å². The number of nitrogens with one attached hydrogen (secondary N) is 1. The molecule has 0 radical (unpaired) electrons. The molecule has 0 atom stereocenters. The Bertz CT molecular complexity index is 773. The van der Waals surface area contributed by atoms with Crippen LogP contribution in [0.4, 0.5) is 11.5 Å². The van der Waals surface area contributed by atoms with Crippen LogP contribution in [-0.4, -0.2) is 21.6 Å². The van der Waals surface area contributed by atoms with Gasteiger partial charge in [0.1, 0.15) is 17.1 Å². The first-order valence-corrected chi connectivity index (χ1v) is 6.84. The topological polar surface area (TPSA) is 59.9 Å². The predicted octanol–water partition coefficient (Wildman–Crippen LogP) is 3.48. The van der Waals surface area contributed by atoms with Crippen molar-refractivity contribution < 1.29 is 4.74 Å². The maximum Gasteiger partial charge on any atom is 0.180 e. The molecule has 0 amide bonds. The zero-order valence-electron chi connectivity index (χ0n) is 12.0. The van der Waals surface area contributed by atoms with Crippen LogP contribution in [-0.2, 0) is 0 Å². The van der Waals surface area contributed by atoms with E-state index in [0.717, 1.165) is 28.3 Å². The lowest BCUT2D eigenvalue weighted by Gasteiger charge is -2.10. The summed E-state index contributed by atoms with van der Waals surface area (Å²) in [6, 6.07) is 9.76. The summed E-state index contributed by atoms with van der Waals surface area (Å²) in [4.78, 5) is 12.9. The van der Waals surface area contributed by atoms with Crippen molar-refractivity contribution in [3.8, 4) is 5.75 Å². The molecule has 3 aromatic rings. The Morgan fingerprint density at radius 1 is 1.10 bits per heavy atom. The average Bonchev–Trinajstić information content (AvgIpc) is 2.50. The van der Waals surface area contributed by atoms with Crippen molar-refractivity contribution in [2.75, 3.05) is 11.9 Å². The van der Waals surface area contributed by atoms with Crippen molar-refractivity contribution in [1.82, 2.24) is 15.0 Å². The Labute approximate surface area is 123 Å². The monoisotopic (exact) mass is 280 g/mol. The smallest absolute Gasteiger partial charge is 0.180 e. The van der Waals surface area contributed by atoms with Crippen LogP contribution in [0.1, 0.15) is 12.5 Å². The maximum absolute atomic E-state index is 5.54. The van der Waals surface area contributed by atoms with E-state index in [-0.39, 0.29) is 0 Å². The van der Waals surface area contributed by atoms with Gasteiger partial charge in [-0.3, -0.25) is 4.98 Å². The molecular formula is C16H16N4O. The molecule has 3 rings (SSSR count). The molecule has 0 saturated heterocycles. The molecule has 2 heterocycles. The van der Waals surface area contributed by atoms with Crippen LogP contribution in [0.15, 0.2) is 42.7 Å². The first-order chi connectivity index (χ1) is 10.3. The van der Waals surface area contributed by atoms with Crippen molar-refractivity contribution in [3.63, 3.8) is 0 Å². The number of aryl methyl sites for hydroxylation is 1. The fourth-order valence-corrected chi connectivity index (χ4v) is 2.12. The third-order valence-corrected chi connectivity index (χ3v) is 3.08. The van der Waals surface area contributed by atoms with Gasteiger partial charge in [0.05, 0.1) is 6.61 Å². The second-order valence-corrected chi connectivity index (χ2v) is 4.63. The lowest BCUT2D eigenvalue weighted by Crippen LogP contribution is -1.98. The van der Waals surface area contributed by atoms with Gasteiger partial charge in [0, 0.05) is 18.1 Å². The minimum absolute atomic E-state index is 0.630. The van der Waals surface area contributed by atoms with E-state index in [1.165, 1.54) is 0 Å². The van der Waals surface area contributed by atoms with E-state index in [1.807, 2.05) is 44.2 Å². The highest BCUT2D eigenvalue weighted by molar-refractivity contribution is 5.73. The van der Waals surface area contributed by atoms with E-state index in [1.54, 1.807) is 12.4 Å². The Balaban J connectivity index is 1.86. The molecule has 5 heteroatoms. The molecule has 0 aliphatic rings. The van der Waals surface area contributed by atoms with Crippen molar-refractivity contribution in [3.05, 3.63) is 48.3 Å². The van der Waals surface area contributed by atoms with Gasteiger partial charge in [0.15, 0.2) is 5.65 Å². The molecule has 2 aromatic heterocycles. The molecule has 0 saturated carbocycles. The first-order valence-electron chi connectivity index (χ1n) is 6.84. The van der Waals surface area contributed by atoms with Gasteiger partial charge in [-0.15, -0.1) is 0 Å². The number of rotatable bonds is 4. The highest BCUT2D eigenvalue weighted by Gasteiger charge is 2.03. The minimum atomic E-state index is 0.630. The van der Waals surface area contributed by atoms with Crippen LogP contribution >= 0.6 is 0 Å². The summed E-state index contributed by atoms with van der Waals surface area (Å²) in [6.07, 6.45) is 3.30. The zero-order chi connectivity index (χ0) is 14.7. The number of nitrogens with zero attached hydrogens (tertiary/aromatic N) is 3. The summed E-state index contributed by atoms with van der Waals surface area (Å²) in [5, 5.41) is 3.27. The standard InChI is InChI=1S/C16H16N4O/c1-3-21-14-6-4-12(10-11(14)2)19-15-7-5-13-16(20-15)18-9-8-17-13/h4-10H,3H2,1-2H3,(H,18,19,20). The summed E-state index contributed by atoms with van der Waals surface area (Å²) < 4.78 is 5.54. The van der Waals surface area contributed by atoms with Gasteiger partial charge in [0.2, 0.25) is 0 Å². The molecule has 106 valence electrons. The van der Waals surface area contributed by atoms with Gasteiger partial charge in [-0.05, 0) is 49.7 Å². The quantitative estimate of drug-likeness (QED) is 0.793. The predicted molar refractivity (Wildman–Crippen MR) is 83.0 cm³/mol. The Morgan fingerprint density at radius 3 is 2.76 bits per heavy atom. The van der Waals surface area contributed by atoms with Crippen LogP contribution in [0.3, 0.4) is 0 Å². The summed E-state index contributed by atoms with van der Waals surface area (Å²) >= 11 is 0. The second kappa shape index (κ2) is 5.75. The summed E-state index contributed by atoms with van der Waals surface area (Å²) in [5.74, 6) is 1.65. The van der Waals surface area contributed by atoms with Crippen molar-refractivity contribution in [1.29, 1.82) is 0 Å². The molecule has 5 nitrogen and oxygen atoms in total. The van der Waals surface area contributed by atoms with E-state index in [9.17, 15) is 0 Å². The number of pyridine rings is 1. The van der Waals surface area contributed by atoms with Gasteiger partial charge >= 0.3 is 0 Å². The van der Waals surface area contributed by atoms with Crippen LogP contribution in [0, 0.1) is 6.92 Å². The summed E-state index contributed by atoms with van der Waals surface area (Å²) in [7, 11) is 0. The molecule has 0 aliphatic carbocycles. The van der Waals surface area contributed by atoms with E-state index in [0.29, 0.717) is 12.3 Å². The van der Waals surface area contributed by atoms with Crippen LogP contribution < -0.4 is 10.1 Å². The van der Waals surface area contributed by atoms with Gasteiger partial charge in [0.25, 0.3) is 0 Å². The van der Waals surface area contributed by atoms with E-state index in [4.69, 9.17) is 4.74 Å². The number of aromatic nitrogens is 3. The lowest BCUT2D eigenvalue weighted by atomic mass is 10.2. The number of ether oxygens (including phenoxy) is 1. The highest BCUT2D eigenvalue weighted by Crippen LogP contribution is 2.24. The minimum Gasteiger partial charge on any atom is -0.494 e. The number of anilines is 2. The van der Waals surface area contributed by atoms with Crippen LogP contribution in [0.25, 0.3) is 11.2 Å². The molecule has 0 unspecified atom stereocenters. The maximum atomic E-state index is 5.54. The fourth-order valence-electron chi connectivity index (χ4n) is 2.12. The lowest BCUT2D eigenvalue weighted by molar-refractivity contribution is 0.338. The number of hydrogen-bond donors (Lipinski definition) is 1. The Kier molecular flexibility index (Phi) is 3.64. The molecule has 0 fully saturated rings. The number of hydrogen-bond acceptors (Lipinski definition) is 5. The zero-order valence-corrected chi connectivity index (χ0v) is 12.0. The van der Waals surface area contributed by atoms with E-state index in [2.05, 4.69) is 20.3 Å². The molecule has 0 aliphatic heterocycles. The van der Waals surface area contributed by atoms with E-state index < -0.39 is 0 Å². The average molecular weight is 280 g/mol. The third kappa shape index (κ3) is 2.91. The van der Waals surface area contributed by atoms with Gasteiger partial charge < -0.3 is 10.1 Å². The number of benzene rings is 1. The Hall–Kier alpha value is -2.69. The largest absolute Gasteiger partial charge is 0.494 e. The summed E-state index contributed by atoms with van der Waals surface area (Å²) in [5.41, 5.74) is 3.46. The fraction of sp³-hybridized carbons (Fsp3) is 0.188. The SMILES string of the molecule is CCOc1ccc(Nc2ccc3nccnc3n2)cc1C. The van der Waals surface area contributed by atoms with Gasteiger partial charge in [-0.2, -0.15) is 0 Å². The third-order valence-electron chi connectivity index (χ3n) is 3.08. The normalized spacial score (nSPS) is 10.6. The molecule has 1 N–H and O–H groups in total. The van der Waals surface area contributed by atoms with Crippen molar-refractivity contribution >= 4 is 22.7 Å². The highest BCUT2D eigenvalue weighted by atomic mass is 16.5. The number of fused-ring (bicyclic) bond motifs is 1. The first kappa shape index (κ1) is 13.3. The summed E-state index contributed by atoms with van der Waals surface area (Å²) in [6.45, 7) is 4.67. The van der Waals surface area contributed by atoms with Crippen molar-refractivity contribution in [2.24, 2.45) is 0 Å². The molecule has 0 bridgehead atoms. The molecule has 0 spiro atoms. The van der Waals surface area contributed by atoms with Crippen LogP contribution in [0.5, 0.6) is 5.75 Å². The van der Waals surface area contributed by atoms with Gasteiger partial charge in [-0.1, -0.05) is 0 Å². The molecule has 1 aromatic carbocycles. The van der Waals surface area contributed by atoms with Gasteiger partial charge in [-0.25, -0.2) is 9.97 Å². The second-order valence-electron chi connectivity index (χ2n) is 4.63. The van der Waals surface area contributed by atoms with Crippen LogP contribution in [0.2, 0.25) is 0 Å². The molecule has 21 heavy (non-hydrogen) atoms. The Morgan fingerprint density at radius 2 is 1.95 bits per heavy atom. The van der Waals surface area contributed by atoms with Crippen molar-refractivity contribution in [2.45, 2.75) is 13.8 Å².